The van der Waals surface area contributed by atoms with Crippen LogP contribution in [0.4, 0.5) is 0 Å². The molecule has 0 aliphatic carbocycles. The molecule has 0 nitrogen and oxygen atoms in total. The second kappa shape index (κ2) is 24.6. The molecule has 0 N–H and O–H groups in total. The monoisotopic (exact) mass is 994 g/mol. The first-order valence-corrected chi connectivity index (χ1v) is 31.0. The van der Waals surface area contributed by atoms with Gasteiger partial charge in [-0.3, -0.25) is 0 Å². The Kier molecular flexibility index (Phi) is 18.5. The lowest BCUT2D eigenvalue weighted by Crippen LogP contribution is -1.86. The molecule has 0 saturated heterocycles. The highest BCUT2D eigenvalue weighted by Gasteiger charge is 2.21. The molecule has 0 atom stereocenters. The van der Waals surface area contributed by atoms with Gasteiger partial charge in [0, 0.05) is 68.3 Å². The molecule has 64 heavy (non-hydrogen) atoms. The van der Waals surface area contributed by atoms with Crippen molar-refractivity contribution >= 4 is 90.7 Å². The van der Waals surface area contributed by atoms with Gasteiger partial charge in [0.15, 0.2) is 0 Å². The van der Waals surface area contributed by atoms with Crippen LogP contribution in [0.3, 0.4) is 0 Å². The molecular formula is C56H66S8. The summed E-state index contributed by atoms with van der Waals surface area (Å²) >= 11 is 15.9. The molecule has 8 aromatic heterocycles. The van der Waals surface area contributed by atoms with Crippen LogP contribution in [-0.2, 0) is 25.7 Å². The summed E-state index contributed by atoms with van der Waals surface area (Å²) in [5, 5.41) is 4.68. The Balaban J connectivity index is 1.04. The quantitative estimate of drug-likeness (QED) is 0.0451. The minimum Gasteiger partial charge on any atom is -0.143 e. The number of unbranched alkanes of at least 4 members (excludes halogenated alkanes) is 12. The summed E-state index contributed by atoms with van der Waals surface area (Å²) in [5.41, 5.74) is 6.15. The normalized spacial score (nSPS) is 11.8. The van der Waals surface area contributed by atoms with Crippen molar-refractivity contribution in [2.24, 2.45) is 0 Å². The average Bonchev–Trinajstić information content (AvgIpc) is 4.15. The molecule has 0 aromatic carbocycles. The van der Waals surface area contributed by atoms with Crippen LogP contribution in [0.5, 0.6) is 0 Å². The first-order valence-electron chi connectivity index (χ1n) is 24.4. The maximum Gasteiger partial charge on any atom is 0.0481 e. The standard InChI is InChI=1S/C56H66S8/c1-5-9-13-17-21-39-35-51(58-38-39)47-27-25-43(59-47)46-30-32-50(62-46)55-42(24-20-16-12-8-4)37-53(64-55)56-41(23-19-15-11-7-3)36-52(63-56)48-28-26-44(60-48)45-29-31-49(61-45)54-40(33-34-57-54)22-18-14-10-6-2/h25-38H,5-24H2,1-4H3. The van der Waals surface area contributed by atoms with Crippen LogP contribution in [0.25, 0.3) is 68.3 Å². The molecule has 8 aromatic rings. The second-order valence-corrected chi connectivity index (χ2v) is 25.7. The van der Waals surface area contributed by atoms with Crippen molar-refractivity contribution in [2.45, 2.75) is 156 Å². The smallest absolute Gasteiger partial charge is 0.0481 e. The van der Waals surface area contributed by atoms with Gasteiger partial charge in [-0.15, -0.1) is 90.7 Å². The van der Waals surface area contributed by atoms with Gasteiger partial charge in [-0.2, -0.15) is 0 Å². The summed E-state index contributed by atoms with van der Waals surface area (Å²) in [4.78, 5) is 20.1. The Morgan fingerprint density at radius 3 is 1.25 bits per heavy atom. The molecule has 338 valence electrons. The topological polar surface area (TPSA) is 0 Å². The van der Waals surface area contributed by atoms with Crippen molar-refractivity contribution in [3.05, 3.63) is 106 Å². The Bertz CT molecular complexity index is 2600. The minimum absolute atomic E-state index is 1.16. The molecule has 0 spiro atoms. The number of rotatable bonds is 27. The van der Waals surface area contributed by atoms with E-state index in [1.807, 2.05) is 79.4 Å². The van der Waals surface area contributed by atoms with E-state index in [1.165, 1.54) is 195 Å². The molecule has 0 unspecified atom stereocenters. The van der Waals surface area contributed by atoms with Crippen molar-refractivity contribution < 1.29 is 0 Å². The van der Waals surface area contributed by atoms with E-state index in [2.05, 4.69) is 123 Å². The van der Waals surface area contributed by atoms with E-state index in [-0.39, 0.29) is 0 Å². The van der Waals surface area contributed by atoms with Gasteiger partial charge in [-0.1, -0.05) is 105 Å². The van der Waals surface area contributed by atoms with Gasteiger partial charge >= 0.3 is 0 Å². The van der Waals surface area contributed by atoms with Crippen LogP contribution in [0.15, 0.2) is 83.6 Å². The maximum absolute atomic E-state index is 2.60. The fraction of sp³-hybridized carbons (Fsp3) is 0.429. The van der Waals surface area contributed by atoms with E-state index in [9.17, 15) is 0 Å². The van der Waals surface area contributed by atoms with Crippen molar-refractivity contribution in [1.29, 1.82) is 0 Å². The lowest BCUT2D eigenvalue weighted by Gasteiger charge is -2.02. The van der Waals surface area contributed by atoms with E-state index in [4.69, 9.17) is 0 Å². The van der Waals surface area contributed by atoms with Gasteiger partial charge in [0.25, 0.3) is 0 Å². The second-order valence-electron chi connectivity index (χ2n) is 17.4. The Morgan fingerprint density at radius 1 is 0.297 bits per heavy atom. The van der Waals surface area contributed by atoms with Crippen LogP contribution in [0, 0.1) is 0 Å². The Labute approximate surface area is 417 Å². The zero-order chi connectivity index (χ0) is 44.1. The molecule has 8 rings (SSSR count). The third-order valence-electron chi connectivity index (χ3n) is 12.3. The third-order valence-corrected chi connectivity index (χ3v) is 22.3. The highest BCUT2D eigenvalue weighted by molar-refractivity contribution is 7.31. The predicted octanol–water partition coefficient (Wildman–Crippen LogP) is 22.3. The average molecular weight is 996 g/mol. The molecule has 8 heterocycles. The molecule has 0 aliphatic heterocycles. The van der Waals surface area contributed by atoms with E-state index < -0.39 is 0 Å². The van der Waals surface area contributed by atoms with Crippen LogP contribution >= 0.6 is 90.7 Å². The van der Waals surface area contributed by atoms with E-state index in [1.54, 1.807) is 11.1 Å². The first-order chi connectivity index (χ1) is 31.5. The Hall–Kier alpha value is -2.40. The molecule has 0 saturated carbocycles. The van der Waals surface area contributed by atoms with E-state index >= 15 is 0 Å². The first kappa shape index (κ1) is 48.1. The molecule has 0 amide bonds. The predicted molar refractivity (Wildman–Crippen MR) is 299 cm³/mol. The lowest BCUT2D eigenvalue weighted by atomic mass is 10.0. The highest BCUT2D eigenvalue weighted by Crippen LogP contribution is 2.50. The van der Waals surface area contributed by atoms with Gasteiger partial charge in [0.2, 0.25) is 0 Å². The fourth-order valence-corrected chi connectivity index (χ4v) is 17.8. The van der Waals surface area contributed by atoms with Crippen LogP contribution in [0.1, 0.15) is 153 Å². The molecule has 0 fully saturated rings. The number of aryl methyl sites for hydroxylation is 4. The number of hydrogen-bond acceptors (Lipinski definition) is 8. The van der Waals surface area contributed by atoms with Crippen molar-refractivity contribution in [1.82, 2.24) is 0 Å². The fourth-order valence-electron chi connectivity index (χ4n) is 8.64. The summed E-state index contributed by atoms with van der Waals surface area (Å²) in [7, 11) is 0. The highest BCUT2D eigenvalue weighted by atomic mass is 32.1. The molecular weight excluding hydrogens is 929 g/mol. The summed E-state index contributed by atoms with van der Waals surface area (Å²) < 4.78 is 0. The molecule has 0 bridgehead atoms. The van der Waals surface area contributed by atoms with Crippen LogP contribution in [0.2, 0.25) is 0 Å². The van der Waals surface area contributed by atoms with E-state index in [0.29, 0.717) is 0 Å². The zero-order valence-electron chi connectivity index (χ0n) is 38.5. The Morgan fingerprint density at radius 2 is 0.703 bits per heavy atom. The third kappa shape index (κ3) is 12.4. The van der Waals surface area contributed by atoms with Gasteiger partial charge < -0.3 is 0 Å². The molecule has 0 radical (unpaired) electrons. The van der Waals surface area contributed by atoms with Gasteiger partial charge in [0.1, 0.15) is 0 Å². The van der Waals surface area contributed by atoms with Crippen LogP contribution < -0.4 is 0 Å². The summed E-state index contributed by atoms with van der Waals surface area (Å²) in [6.07, 6.45) is 25.6. The van der Waals surface area contributed by atoms with Crippen molar-refractivity contribution in [3.63, 3.8) is 0 Å². The van der Waals surface area contributed by atoms with Crippen LogP contribution in [-0.4, -0.2) is 0 Å². The zero-order valence-corrected chi connectivity index (χ0v) is 45.0. The minimum atomic E-state index is 1.16. The lowest BCUT2D eigenvalue weighted by molar-refractivity contribution is 0.667. The largest absolute Gasteiger partial charge is 0.143 e. The summed E-state index contributed by atoms with van der Waals surface area (Å²) in [6.45, 7) is 9.24. The summed E-state index contributed by atoms with van der Waals surface area (Å²) in [5.74, 6) is 0. The van der Waals surface area contributed by atoms with Crippen molar-refractivity contribution in [2.75, 3.05) is 0 Å². The SMILES string of the molecule is CCCCCCc1csc(-c2ccc(-c3ccc(-c4sc(-c5sc(-c6ccc(-c7ccc(-c8sccc8CCCCCC)s7)s6)cc5CCCCCC)cc4CCCCCC)s3)s2)c1. The number of hydrogen-bond donors (Lipinski definition) is 0. The summed E-state index contributed by atoms with van der Waals surface area (Å²) in [6, 6.07) is 29.0. The van der Waals surface area contributed by atoms with Gasteiger partial charge in [-0.25, -0.2) is 0 Å². The van der Waals surface area contributed by atoms with Gasteiger partial charge in [0.05, 0.1) is 0 Å². The van der Waals surface area contributed by atoms with Crippen molar-refractivity contribution in [3.8, 4) is 68.3 Å². The molecule has 0 aliphatic rings. The number of thiophene rings is 8. The molecule has 8 heteroatoms. The van der Waals surface area contributed by atoms with Gasteiger partial charge in [-0.05, 0) is 157 Å². The van der Waals surface area contributed by atoms with E-state index in [0.717, 1.165) is 12.8 Å². The maximum atomic E-state index is 2.60.